The van der Waals surface area contributed by atoms with Gasteiger partial charge in [-0.15, -0.1) is 0 Å². The van der Waals surface area contributed by atoms with Crippen molar-refractivity contribution in [2.45, 2.75) is 51.6 Å². The Kier molecular flexibility index (Phi) is 5.53. The number of nitrogens with zero attached hydrogens (tertiary/aromatic N) is 1. The summed E-state index contributed by atoms with van der Waals surface area (Å²) >= 11 is 0. The van der Waals surface area contributed by atoms with Crippen molar-refractivity contribution in [3.63, 3.8) is 0 Å². The number of hydrogen-bond acceptors (Lipinski definition) is 4. The van der Waals surface area contributed by atoms with Crippen molar-refractivity contribution < 1.29 is 9.53 Å². The fourth-order valence-corrected chi connectivity index (χ4v) is 2.92. The average molecular weight is 276 g/mol. The van der Waals surface area contributed by atoms with Gasteiger partial charge in [0.25, 0.3) is 0 Å². The van der Waals surface area contributed by atoms with Gasteiger partial charge in [-0.3, -0.25) is 9.78 Å². The van der Waals surface area contributed by atoms with E-state index in [2.05, 4.69) is 17.2 Å². The van der Waals surface area contributed by atoms with Crippen LogP contribution in [0.2, 0.25) is 0 Å². The van der Waals surface area contributed by atoms with Gasteiger partial charge < -0.3 is 10.1 Å². The number of nitrogens with one attached hydrogen (secondary N) is 1. The van der Waals surface area contributed by atoms with E-state index in [1.165, 1.54) is 5.56 Å². The summed E-state index contributed by atoms with van der Waals surface area (Å²) in [7, 11) is 0. The van der Waals surface area contributed by atoms with Crippen LogP contribution >= 0.6 is 0 Å². The maximum atomic E-state index is 11.8. The van der Waals surface area contributed by atoms with Crippen molar-refractivity contribution in [2.24, 2.45) is 5.92 Å². The average Bonchev–Trinajstić information content (AvgIpc) is 2.48. The van der Waals surface area contributed by atoms with Crippen LogP contribution in [0.4, 0.5) is 0 Å². The molecule has 1 saturated carbocycles. The van der Waals surface area contributed by atoms with Gasteiger partial charge in [-0.2, -0.15) is 0 Å². The molecule has 0 spiro atoms. The zero-order valence-corrected chi connectivity index (χ0v) is 12.3. The zero-order valence-electron chi connectivity index (χ0n) is 12.3. The van der Waals surface area contributed by atoms with Gasteiger partial charge in [0.2, 0.25) is 0 Å². The van der Waals surface area contributed by atoms with Crippen molar-refractivity contribution in [3.8, 4) is 0 Å². The zero-order chi connectivity index (χ0) is 14.4. The number of pyridine rings is 1. The van der Waals surface area contributed by atoms with Crippen LogP contribution in [0.25, 0.3) is 0 Å². The molecule has 0 amide bonds. The molecule has 1 aliphatic carbocycles. The molecule has 3 unspecified atom stereocenters. The van der Waals surface area contributed by atoms with Crippen LogP contribution in [0.3, 0.4) is 0 Å². The summed E-state index contributed by atoms with van der Waals surface area (Å²) in [5.41, 5.74) is 1.23. The highest BCUT2D eigenvalue weighted by Crippen LogP contribution is 2.27. The van der Waals surface area contributed by atoms with Crippen molar-refractivity contribution in [3.05, 3.63) is 30.1 Å². The number of ether oxygens (including phenoxy) is 1. The Morgan fingerprint density at radius 1 is 1.45 bits per heavy atom. The molecule has 1 heterocycles. The minimum atomic E-state index is -0.0319. The van der Waals surface area contributed by atoms with Crippen molar-refractivity contribution in [1.82, 2.24) is 10.3 Å². The molecule has 4 heteroatoms. The van der Waals surface area contributed by atoms with Crippen LogP contribution in [0.5, 0.6) is 0 Å². The van der Waals surface area contributed by atoms with Crippen molar-refractivity contribution in [2.75, 3.05) is 6.61 Å². The van der Waals surface area contributed by atoms with E-state index in [0.717, 1.165) is 25.7 Å². The second-order valence-corrected chi connectivity index (χ2v) is 5.48. The number of carbonyl (C=O) groups is 1. The van der Waals surface area contributed by atoms with Gasteiger partial charge in [0, 0.05) is 24.5 Å². The SMILES string of the molecule is CCOC(=O)C1CCCC(NC(C)c2ccncc2)C1. The molecule has 110 valence electrons. The quantitative estimate of drug-likeness (QED) is 0.840. The third-order valence-electron chi connectivity index (χ3n) is 3.99. The Morgan fingerprint density at radius 2 is 2.20 bits per heavy atom. The molecule has 1 fully saturated rings. The topological polar surface area (TPSA) is 51.2 Å². The van der Waals surface area contributed by atoms with Gasteiger partial charge in [0.15, 0.2) is 0 Å². The minimum Gasteiger partial charge on any atom is -0.466 e. The molecule has 2 rings (SSSR count). The molecule has 0 radical (unpaired) electrons. The monoisotopic (exact) mass is 276 g/mol. The Morgan fingerprint density at radius 3 is 2.90 bits per heavy atom. The summed E-state index contributed by atoms with van der Waals surface area (Å²) in [6.45, 7) is 4.49. The highest BCUT2D eigenvalue weighted by molar-refractivity contribution is 5.72. The Labute approximate surface area is 120 Å². The summed E-state index contributed by atoms with van der Waals surface area (Å²) < 4.78 is 5.14. The number of esters is 1. The summed E-state index contributed by atoms with van der Waals surface area (Å²) in [6.07, 6.45) is 7.69. The lowest BCUT2D eigenvalue weighted by Crippen LogP contribution is -2.38. The Bertz CT molecular complexity index is 422. The molecule has 0 aromatic carbocycles. The van der Waals surface area contributed by atoms with Gasteiger partial charge in [0.1, 0.15) is 0 Å². The summed E-state index contributed by atoms with van der Waals surface area (Å²) in [6, 6.07) is 4.73. The molecule has 0 aliphatic heterocycles. The lowest BCUT2D eigenvalue weighted by molar-refractivity contribution is -0.149. The van der Waals surface area contributed by atoms with E-state index in [1.54, 1.807) is 0 Å². The number of rotatable bonds is 5. The Hall–Kier alpha value is -1.42. The highest BCUT2D eigenvalue weighted by Gasteiger charge is 2.28. The Balaban J connectivity index is 1.88. The molecular formula is C16H24N2O2. The molecule has 3 atom stereocenters. The van der Waals surface area contributed by atoms with E-state index < -0.39 is 0 Å². The first-order valence-electron chi connectivity index (χ1n) is 7.53. The number of aromatic nitrogens is 1. The third-order valence-corrected chi connectivity index (χ3v) is 3.99. The van der Waals surface area contributed by atoms with E-state index in [4.69, 9.17) is 4.74 Å². The van der Waals surface area contributed by atoms with Gasteiger partial charge in [-0.1, -0.05) is 6.42 Å². The molecule has 20 heavy (non-hydrogen) atoms. The summed E-state index contributed by atoms with van der Waals surface area (Å²) in [5.74, 6) is 0.0291. The van der Waals surface area contributed by atoms with Crippen LogP contribution in [0.1, 0.15) is 51.1 Å². The first-order valence-corrected chi connectivity index (χ1v) is 7.53. The first-order chi connectivity index (χ1) is 9.70. The summed E-state index contributed by atoms with van der Waals surface area (Å²) in [4.78, 5) is 15.9. The first kappa shape index (κ1) is 15.0. The van der Waals surface area contributed by atoms with E-state index in [1.807, 2.05) is 31.5 Å². The van der Waals surface area contributed by atoms with E-state index in [9.17, 15) is 4.79 Å². The molecule has 1 aromatic heterocycles. The van der Waals surface area contributed by atoms with Gasteiger partial charge >= 0.3 is 5.97 Å². The largest absolute Gasteiger partial charge is 0.466 e. The molecular weight excluding hydrogens is 252 g/mol. The van der Waals surface area contributed by atoms with Crippen LogP contribution in [0, 0.1) is 5.92 Å². The van der Waals surface area contributed by atoms with E-state index in [0.29, 0.717) is 12.6 Å². The molecule has 1 aliphatic rings. The predicted octanol–water partition coefficient (Wildman–Crippen LogP) is 2.85. The maximum absolute atomic E-state index is 11.8. The van der Waals surface area contributed by atoms with Gasteiger partial charge in [-0.05, 0) is 50.8 Å². The second-order valence-electron chi connectivity index (χ2n) is 5.48. The third kappa shape index (κ3) is 4.04. The van der Waals surface area contributed by atoms with Crippen LogP contribution in [0.15, 0.2) is 24.5 Å². The lowest BCUT2D eigenvalue weighted by Gasteiger charge is -2.31. The number of carbonyl (C=O) groups excluding carboxylic acids is 1. The fourth-order valence-electron chi connectivity index (χ4n) is 2.92. The molecule has 0 saturated heterocycles. The maximum Gasteiger partial charge on any atom is 0.308 e. The smallest absolute Gasteiger partial charge is 0.308 e. The van der Waals surface area contributed by atoms with E-state index >= 15 is 0 Å². The van der Waals surface area contributed by atoms with Crippen molar-refractivity contribution in [1.29, 1.82) is 0 Å². The summed E-state index contributed by atoms with van der Waals surface area (Å²) in [5, 5.41) is 3.63. The van der Waals surface area contributed by atoms with Crippen molar-refractivity contribution >= 4 is 5.97 Å². The van der Waals surface area contributed by atoms with E-state index in [-0.39, 0.29) is 17.9 Å². The van der Waals surface area contributed by atoms with Crippen LogP contribution < -0.4 is 5.32 Å². The predicted molar refractivity (Wildman–Crippen MR) is 78.2 cm³/mol. The van der Waals surface area contributed by atoms with Crippen LogP contribution in [-0.2, 0) is 9.53 Å². The molecule has 4 nitrogen and oxygen atoms in total. The lowest BCUT2D eigenvalue weighted by atomic mass is 9.85. The normalized spacial score (nSPS) is 24.1. The second kappa shape index (κ2) is 7.39. The molecule has 1 aromatic rings. The van der Waals surface area contributed by atoms with Gasteiger partial charge in [0.05, 0.1) is 12.5 Å². The molecule has 1 N–H and O–H groups in total. The number of hydrogen-bond donors (Lipinski definition) is 1. The highest BCUT2D eigenvalue weighted by atomic mass is 16.5. The minimum absolute atomic E-state index is 0.0319. The fraction of sp³-hybridized carbons (Fsp3) is 0.625. The van der Waals surface area contributed by atoms with Crippen LogP contribution in [-0.4, -0.2) is 23.6 Å². The van der Waals surface area contributed by atoms with Gasteiger partial charge in [-0.25, -0.2) is 0 Å². The molecule has 0 bridgehead atoms. The standard InChI is InChI=1S/C16H24N2O2/c1-3-20-16(19)14-5-4-6-15(11-14)18-12(2)13-7-9-17-10-8-13/h7-10,12,14-15,18H,3-6,11H2,1-2H3.